The van der Waals surface area contributed by atoms with Crippen molar-refractivity contribution in [3.8, 4) is 5.75 Å². The second-order valence-corrected chi connectivity index (χ2v) is 13.0. The van der Waals surface area contributed by atoms with Gasteiger partial charge in [-0.25, -0.2) is 9.55 Å². The van der Waals surface area contributed by atoms with Gasteiger partial charge in [0.05, 0.1) is 22.0 Å². The van der Waals surface area contributed by atoms with E-state index in [0.717, 1.165) is 43.6 Å². The number of fused-ring (bicyclic) bond motifs is 1. The van der Waals surface area contributed by atoms with Gasteiger partial charge in [0.1, 0.15) is 10.8 Å². The Morgan fingerprint density at radius 2 is 2.00 bits per heavy atom. The van der Waals surface area contributed by atoms with Gasteiger partial charge in [-0.05, 0) is 56.2 Å². The summed E-state index contributed by atoms with van der Waals surface area (Å²) < 4.78 is 17.5. The molecule has 1 atom stereocenters. The zero-order chi connectivity index (χ0) is 26.3. The fraction of sp³-hybridized carbons (Fsp3) is 0.400. The second-order valence-electron chi connectivity index (χ2n) is 9.79. The Kier molecular flexibility index (Phi) is 7.65. The topological polar surface area (TPSA) is 121 Å². The molecule has 36 heavy (non-hydrogen) atoms. The molecule has 1 aromatic heterocycles. The number of thiazole rings is 1. The van der Waals surface area contributed by atoms with Gasteiger partial charge in [0, 0.05) is 34.6 Å². The number of rotatable bonds is 7. The van der Waals surface area contributed by atoms with Gasteiger partial charge in [0.2, 0.25) is 5.91 Å². The third-order valence-electron chi connectivity index (χ3n) is 5.83. The Bertz CT molecular complexity index is 1400. The second kappa shape index (κ2) is 10.3. The number of aliphatic imine (C=N–C) groups is 1. The minimum atomic E-state index is -4.76. The number of nitrogens with zero attached hydrogens (tertiary/aromatic N) is 2. The molecule has 0 aliphatic carbocycles. The van der Waals surface area contributed by atoms with Crippen LogP contribution in [0.5, 0.6) is 5.75 Å². The SMILES string of the molecule is Cc1cc(C)c(C(C)(C)CC(=O)Nc2ccc3nc(C4=NC(C)CSC4)sc3c2)c(OP(=O)(O)O)c1. The lowest BCUT2D eigenvalue weighted by Gasteiger charge is -2.29. The molecule has 3 aromatic rings. The zero-order valence-electron chi connectivity index (χ0n) is 20.9. The highest BCUT2D eigenvalue weighted by Gasteiger charge is 2.32. The molecule has 192 valence electrons. The Hall–Kier alpha value is -2.23. The first-order valence-corrected chi connectivity index (χ1v) is 15.0. The summed E-state index contributed by atoms with van der Waals surface area (Å²) in [5.41, 5.74) is 4.01. The molecule has 0 saturated carbocycles. The molecule has 8 nitrogen and oxygen atoms in total. The molecule has 1 amide bonds. The maximum atomic E-state index is 13.1. The third kappa shape index (κ3) is 6.36. The largest absolute Gasteiger partial charge is 0.524 e. The van der Waals surface area contributed by atoms with Crippen LogP contribution in [-0.4, -0.2) is 43.9 Å². The van der Waals surface area contributed by atoms with Gasteiger partial charge in [0.25, 0.3) is 0 Å². The van der Waals surface area contributed by atoms with Crippen LogP contribution in [0.2, 0.25) is 0 Å². The van der Waals surface area contributed by atoms with E-state index >= 15 is 0 Å². The highest BCUT2D eigenvalue weighted by Crippen LogP contribution is 2.45. The molecule has 0 spiro atoms. The number of carbonyl (C=O) groups excluding carboxylic acids is 1. The molecule has 3 N–H and O–H groups in total. The lowest BCUT2D eigenvalue weighted by Crippen LogP contribution is -2.27. The minimum Gasteiger partial charge on any atom is -0.404 e. The number of phosphoric acid groups is 1. The molecule has 0 radical (unpaired) electrons. The maximum absolute atomic E-state index is 13.1. The number of nitrogens with one attached hydrogen (secondary N) is 1. The first-order valence-electron chi connectivity index (χ1n) is 11.5. The van der Waals surface area contributed by atoms with Crippen LogP contribution in [0.3, 0.4) is 0 Å². The van der Waals surface area contributed by atoms with E-state index < -0.39 is 13.2 Å². The van der Waals surface area contributed by atoms with Crippen molar-refractivity contribution in [2.45, 2.75) is 52.5 Å². The highest BCUT2D eigenvalue weighted by atomic mass is 32.2. The molecule has 11 heteroatoms. The molecule has 0 fully saturated rings. The van der Waals surface area contributed by atoms with Gasteiger partial charge >= 0.3 is 7.82 Å². The van der Waals surface area contributed by atoms with Gasteiger partial charge in [-0.1, -0.05) is 19.9 Å². The van der Waals surface area contributed by atoms with E-state index in [1.807, 2.05) is 63.7 Å². The minimum absolute atomic E-state index is 0.0896. The molecule has 1 aliphatic rings. The fourth-order valence-corrected chi connectivity index (χ4v) is 7.03. The van der Waals surface area contributed by atoms with Gasteiger partial charge in [0.15, 0.2) is 0 Å². The zero-order valence-corrected chi connectivity index (χ0v) is 23.4. The monoisotopic (exact) mass is 547 g/mol. The van der Waals surface area contributed by atoms with Crippen LogP contribution in [0.15, 0.2) is 35.3 Å². The van der Waals surface area contributed by atoms with Gasteiger partial charge in [-0.2, -0.15) is 11.8 Å². The van der Waals surface area contributed by atoms with E-state index in [1.165, 1.54) is 0 Å². The fourth-order valence-electron chi connectivity index (χ4n) is 4.60. The Morgan fingerprint density at radius 3 is 2.69 bits per heavy atom. The smallest absolute Gasteiger partial charge is 0.404 e. The Balaban J connectivity index is 1.54. The Morgan fingerprint density at radius 1 is 1.25 bits per heavy atom. The van der Waals surface area contributed by atoms with Crippen LogP contribution in [0.25, 0.3) is 10.2 Å². The molecule has 2 heterocycles. The first-order chi connectivity index (χ1) is 16.8. The van der Waals surface area contributed by atoms with Crippen LogP contribution in [-0.2, 0) is 14.8 Å². The lowest BCUT2D eigenvalue weighted by molar-refractivity contribution is -0.117. The van der Waals surface area contributed by atoms with Crippen molar-refractivity contribution in [1.29, 1.82) is 0 Å². The number of aromatic nitrogens is 1. The quantitative estimate of drug-likeness (QED) is 0.329. The molecule has 1 unspecified atom stereocenters. The van der Waals surface area contributed by atoms with E-state index in [1.54, 1.807) is 17.4 Å². The molecule has 2 aromatic carbocycles. The normalized spacial score (nSPS) is 16.6. The number of carbonyl (C=O) groups is 1. The molecular weight excluding hydrogens is 517 g/mol. The maximum Gasteiger partial charge on any atom is 0.524 e. The number of anilines is 1. The summed E-state index contributed by atoms with van der Waals surface area (Å²) in [4.78, 5) is 41.3. The van der Waals surface area contributed by atoms with Crippen molar-refractivity contribution >= 4 is 58.4 Å². The summed E-state index contributed by atoms with van der Waals surface area (Å²) in [5, 5.41) is 3.88. The summed E-state index contributed by atoms with van der Waals surface area (Å²) in [5.74, 6) is 1.76. The molecule has 1 aliphatic heterocycles. The van der Waals surface area contributed by atoms with Crippen LogP contribution in [0, 0.1) is 13.8 Å². The predicted molar refractivity (Wildman–Crippen MR) is 148 cm³/mol. The van der Waals surface area contributed by atoms with Crippen molar-refractivity contribution in [3.63, 3.8) is 0 Å². The van der Waals surface area contributed by atoms with Crippen molar-refractivity contribution in [2.24, 2.45) is 4.99 Å². The predicted octanol–water partition coefficient (Wildman–Crippen LogP) is 5.62. The van der Waals surface area contributed by atoms with Gasteiger partial charge in [-0.3, -0.25) is 19.6 Å². The lowest BCUT2D eigenvalue weighted by atomic mass is 9.78. The first kappa shape index (κ1) is 26.8. The number of benzene rings is 2. The summed E-state index contributed by atoms with van der Waals surface area (Å²) in [7, 11) is -4.76. The molecular formula is C25H30N3O5PS2. The van der Waals surface area contributed by atoms with Crippen LogP contribution in [0.4, 0.5) is 5.69 Å². The average Bonchev–Trinajstić information content (AvgIpc) is 3.14. The highest BCUT2D eigenvalue weighted by molar-refractivity contribution is 8.00. The summed E-state index contributed by atoms with van der Waals surface area (Å²) in [6.45, 7) is 9.50. The van der Waals surface area contributed by atoms with Crippen molar-refractivity contribution < 1.29 is 23.7 Å². The van der Waals surface area contributed by atoms with E-state index in [4.69, 9.17) is 14.5 Å². The van der Waals surface area contributed by atoms with Crippen LogP contribution >= 0.6 is 30.9 Å². The van der Waals surface area contributed by atoms with Gasteiger partial charge < -0.3 is 9.84 Å². The number of aryl methyl sites for hydroxylation is 2. The summed E-state index contributed by atoms with van der Waals surface area (Å²) in [6, 6.07) is 9.43. The van der Waals surface area contributed by atoms with Crippen LogP contribution < -0.4 is 9.84 Å². The van der Waals surface area contributed by atoms with E-state index in [2.05, 4.69) is 12.2 Å². The number of hydrogen-bond donors (Lipinski definition) is 3. The van der Waals surface area contributed by atoms with Crippen molar-refractivity contribution in [3.05, 3.63) is 52.0 Å². The molecule has 0 saturated heterocycles. The van der Waals surface area contributed by atoms with Crippen LogP contribution in [0.1, 0.15) is 48.9 Å². The van der Waals surface area contributed by atoms with Gasteiger partial charge in [-0.15, -0.1) is 11.3 Å². The van der Waals surface area contributed by atoms with E-state index in [9.17, 15) is 19.1 Å². The van der Waals surface area contributed by atoms with Crippen molar-refractivity contribution in [2.75, 3.05) is 16.8 Å². The van der Waals surface area contributed by atoms with Crippen molar-refractivity contribution in [1.82, 2.24) is 4.98 Å². The molecule has 0 bridgehead atoms. The standard InChI is InChI=1S/C25H30N3O5PS2/c1-14-8-15(2)23(20(9-14)33-34(30,31)32)25(4,5)11-22(29)27-17-6-7-18-21(10-17)36-24(28-18)19-13-35-12-16(3)26-19/h6-10,16H,11-13H2,1-5H3,(H,27,29)(H2,30,31,32). The summed E-state index contributed by atoms with van der Waals surface area (Å²) in [6.07, 6.45) is 0.0896. The molecule has 4 rings (SSSR count). The Labute approximate surface area is 218 Å². The van der Waals surface area contributed by atoms with E-state index in [-0.39, 0.29) is 24.1 Å². The number of phosphoric ester groups is 1. The number of hydrogen-bond acceptors (Lipinski definition) is 7. The number of thioether (sulfide) groups is 1. The number of amides is 1. The summed E-state index contributed by atoms with van der Waals surface area (Å²) >= 11 is 3.43. The third-order valence-corrected chi connectivity index (χ3v) is 8.53. The van der Waals surface area contributed by atoms with E-state index in [0.29, 0.717) is 11.3 Å². The average molecular weight is 548 g/mol.